The van der Waals surface area contributed by atoms with E-state index in [-0.39, 0.29) is 11.1 Å². The van der Waals surface area contributed by atoms with Crippen molar-refractivity contribution in [3.05, 3.63) is 12.7 Å². The van der Waals surface area contributed by atoms with Gasteiger partial charge < -0.3 is 4.43 Å². The van der Waals surface area contributed by atoms with E-state index in [4.69, 9.17) is 10.8 Å². The zero-order valence-corrected chi connectivity index (χ0v) is 11.8. The van der Waals surface area contributed by atoms with Crippen LogP contribution in [0.3, 0.4) is 0 Å². The number of hydrogen-bond acceptors (Lipinski definition) is 1. The van der Waals surface area contributed by atoms with Crippen LogP contribution < -0.4 is 0 Å². The summed E-state index contributed by atoms with van der Waals surface area (Å²) in [5.74, 6) is 2.73. The fourth-order valence-corrected chi connectivity index (χ4v) is 2.23. The Morgan fingerprint density at radius 3 is 2.33 bits per heavy atom. The van der Waals surface area contributed by atoms with Crippen LogP contribution >= 0.6 is 0 Å². The third-order valence-corrected chi connectivity index (χ3v) is 7.55. The minimum absolute atomic E-state index is 0.0520. The third kappa shape index (κ3) is 4.68. The monoisotopic (exact) mass is 224 g/mol. The Labute approximate surface area is 96.0 Å². The first-order valence-corrected chi connectivity index (χ1v) is 8.40. The van der Waals surface area contributed by atoms with Crippen molar-refractivity contribution in [1.82, 2.24) is 0 Å². The summed E-state index contributed by atoms with van der Waals surface area (Å²) in [6.07, 6.45) is 9.11. The molecule has 0 spiro atoms. The summed E-state index contributed by atoms with van der Waals surface area (Å²) in [5, 5.41) is 0.219. The molecule has 0 amide bonds. The molecule has 0 heterocycles. The predicted octanol–water partition coefficient (Wildman–Crippen LogP) is 3.98. The largest absolute Gasteiger partial charge is 0.403 e. The summed E-state index contributed by atoms with van der Waals surface area (Å²) < 4.78 is 6.11. The Morgan fingerprint density at radius 2 is 2.00 bits per heavy atom. The summed E-state index contributed by atoms with van der Waals surface area (Å²) in [6, 6.07) is 0. The predicted molar refractivity (Wildman–Crippen MR) is 70.3 cm³/mol. The standard InChI is InChI=1S/C13H24OSi/c1-8-10-11-12(9-2)14-15(6,7)13(3,4)5/h2,8,12H,1,10-11H2,3-7H3/t12-/m0/s1. The highest BCUT2D eigenvalue weighted by Gasteiger charge is 2.38. The van der Waals surface area contributed by atoms with Crippen LogP contribution in [0, 0.1) is 12.3 Å². The highest BCUT2D eigenvalue weighted by Crippen LogP contribution is 2.37. The Kier molecular flexibility index (Phi) is 5.34. The highest BCUT2D eigenvalue weighted by atomic mass is 28.4. The van der Waals surface area contributed by atoms with Crippen LogP contribution in [-0.4, -0.2) is 14.4 Å². The lowest BCUT2D eigenvalue weighted by Crippen LogP contribution is -2.43. The molecule has 0 saturated heterocycles. The Hall–Kier alpha value is -0.523. The average Bonchev–Trinajstić information content (AvgIpc) is 2.10. The van der Waals surface area contributed by atoms with Crippen LogP contribution in [0.25, 0.3) is 0 Å². The van der Waals surface area contributed by atoms with E-state index in [9.17, 15) is 0 Å². The highest BCUT2D eigenvalue weighted by molar-refractivity contribution is 6.74. The fraction of sp³-hybridized carbons (Fsp3) is 0.692. The molecule has 0 rings (SSSR count). The van der Waals surface area contributed by atoms with Gasteiger partial charge in [-0.05, 0) is 31.0 Å². The van der Waals surface area contributed by atoms with E-state index in [1.807, 2.05) is 6.08 Å². The van der Waals surface area contributed by atoms with Crippen LogP contribution in [0.2, 0.25) is 18.1 Å². The maximum atomic E-state index is 6.11. The minimum atomic E-state index is -1.72. The van der Waals surface area contributed by atoms with Crippen molar-refractivity contribution < 1.29 is 4.43 Å². The zero-order chi connectivity index (χ0) is 12.1. The number of terminal acetylenes is 1. The van der Waals surface area contributed by atoms with Gasteiger partial charge in [-0.25, -0.2) is 0 Å². The van der Waals surface area contributed by atoms with Gasteiger partial charge in [0, 0.05) is 0 Å². The second kappa shape index (κ2) is 5.53. The Bertz CT molecular complexity index is 242. The van der Waals surface area contributed by atoms with E-state index in [0.717, 1.165) is 12.8 Å². The fourth-order valence-electron chi connectivity index (χ4n) is 0.978. The molecule has 0 aromatic heterocycles. The lowest BCUT2D eigenvalue weighted by Gasteiger charge is -2.38. The van der Waals surface area contributed by atoms with Crippen LogP contribution in [0.4, 0.5) is 0 Å². The summed E-state index contributed by atoms with van der Waals surface area (Å²) in [5.41, 5.74) is 0. The molecule has 0 radical (unpaired) electrons. The van der Waals surface area contributed by atoms with Crippen molar-refractivity contribution in [2.45, 2.75) is 57.8 Å². The number of hydrogen-bond donors (Lipinski definition) is 0. The van der Waals surface area contributed by atoms with Gasteiger partial charge in [0.15, 0.2) is 8.32 Å². The maximum Gasteiger partial charge on any atom is 0.193 e. The van der Waals surface area contributed by atoms with E-state index in [1.54, 1.807) is 0 Å². The van der Waals surface area contributed by atoms with Gasteiger partial charge in [-0.1, -0.05) is 32.8 Å². The first-order valence-electron chi connectivity index (χ1n) is 5.49. The topological polar surface area (TPSA) is 9.23 Å². The molecule has 0 unspecified atom stereocenters. The van der Waals surface area contributed by atoms with Crippen molar-refractivity contribution in [2.24, 2.45) is 0 Å². The van der Waals surface area contributed by atoms with E-state index >= 15 is 0 Å². The van der Waals surface area contributed by atoms with E-state index in [1.165, 1.54) is 0 Å². The van der Waals surface area contributed by atoms with Crippen molar-refractivity contribution in [2.75, 3.05) is 0 Å². The molecule has 15 heavy (non-hydrogen) atoms. The van der Waals surface area contributed by atoms with Gasteiger partial charge in [0.2, 0.25) is 0 Å². The van der Waals surface area contributed by atoms with Gasteiger partial charge >= 0.3 is 0 Å². The molecule has 86 valence electrons. The molecule has 0 saturated carbocycles. The smallest absolute Gasteiger partial charge is 0.193 e. The van der Waals surface area contributed by atoms with Crippen molar-refractivity contribution in [3.63, 3.8) is 0 Å². The van der Waals surface area contributed by atoms with Crippen LogP contribution in [-0.2, 0) is 4.43 Å². The summed E-state index contributed by atoms with van der Waals surface area (Å²) in [4.78, 5) is 0. The molecule has 0 bridgehead atoms. The maximum absolute atomic E-state index is 6.11. The van der Waals surface area contributed by atoms with Gasteiger partial charge in [-0.2, -0.15) is 0 Å². The second-order valence-electron chi connectivity index (χ2n) is 5.40. The summed E-state index contributed by atoms with van der Waals surface area (Å²) in [6.45, 7) is 14.8. The Balaban J connectivity index is 4.42. The number of allylic oxidation sites excluding steroid dienone is 1. The second-order valence-corrected chi connectivity index (χ2v) is 10.2. The SMILES string of the molecule is C#C[C@@H](CCC=C)O[Si](C)(C)C(C)(C)C. The lowest BCUT2D eigenvalue weighted by atomic mass is 10.2. The summed E-state index contributed by atoms with van der Waals surface area (Å²) >= 11 is 0. The molecular weight excluding hydrogens is 200 g/mol. The zero-order valence-electron chi connectivity index (χ0n) is 10.8. The molecule has 0 aliphatic carbocycles. The van der Waals surface area contributed by atoms with Gasteiger partial charge in [0.25, 0.3) is 0 Å². The first kappa shape index (κ1) is 14.5. The van der Waals surface area contributed by atoms with Gasteiger partial charge in [-0.3, -0.25) is 0 Å². The van der Waals surface area contributed by atoms with E-state index in [2.05, 4.69) is 46.4 Å². The molecule has 2 heteroatoms. The van der Waals surface area contributed by atoms with Gasteiger partial charge in [0.05, 0.1) is 0 Å². The normalized spacial score (nSPS) is 14.4. The van der Waals surface area contributed by atoms with Crippen molar-refractivity contribution in [1.29, 1.82) is 0 Å². The van der Waals surface area contributed by atoms with E-state index < -0.39 is 8.32 Å². The van der Waals surface area contributed by atoms with Crippen LogP contribution in [0.15, 0.2) is 12.7 Å². The molecule has 0 fully saturated rings. The lowest BCUT2D eigenvalue weighted by molar-refractivity contribution is 0.225. The average molecular weight is 224 g/mol. The van der Waals surface area contributed by atoms with Crippen molar-refractivity contribution in [3.8, 4) is 12.3 Å². The van der Waals surface area contributed by atoms with Gasteiger partial charge in [-0.15, -0.1) is 13.0 Å². The minimum Gasteiger partial charge on any atom is -0.403 e. The summed E-state index contributed by atoms with van der Waals surface area (Å²) in [7, 11) is -1.72. The van der Waals surface area contributed by atoms with Crippen LogP contribution in [0.1, 0.15) is 33.6 Å². The molecule has 0 aliphatic rings. The molecular formula is C13H24OSi. The molecule has 0 aromatic rings. The van der Waals surface area contributed by atoms with Crippen LogP contribution in [0.5, 0.6) is 0 Å². The van der Waals surface area contributed by atoms with Crippen molar-refractivity contribution >= 4 is 8.32 Å². The Morgan fingerprint density at radius 1 is 1.47 bits per heavy atom. The first-order chi connectivity index (χ1) is 6.74. The quantitative estimate of drug-likeness (QED) is 0.390. The molecule has 1 nitrogen and oxygen atoms in total. The van der Waals surface area contributed by atoms with Gasteiger partial charge in [0.1, 0.15) is 6.10 Å². The van der Waals surface area contributed by atoms with E-state index in [0.29, 0.717) is 0 Å². The molecule has 0 aliphatic heterocycles. The molecule has 0 N–H and O–H groups in total. The molecule has 1 atom stereocenters. The molecule has 0 aromatic carbocycles. The number of rotatable bonds is 5. The third-order valence-electron chi connectivity index (χ3n) is 3.06.